The molecule has 98 valence electrons. The molecular formula is C12H16ClN3O2. The van der Waals surface area contributed by atoms with Gasteiger partial charge in [-0.1, -0.05) is 25.4 Å². The van der Waals surface area contributed by atoms with Gasteiger partial charge in [-0.15, -0.1) is 0 Å². The first-order chi connectivity index (χ1) is 8.49. The summed E-state index contributed by atoms with van der Waals surface area (Å²) in [7, 11) is 0. The van der Waals surface area contributed by atoms with Crippen LogP contribution in [0, 0.1) is 5.92 Å². The third-order valence-corrected chi connectivity index (χ3v) is 2.33. The molecule has 1 aromatic rings. The third-order valence-electron chi connectivity index (χ3n) is 2.11. The number of amides is 2. The summed E-state index contributed by atoms with van der Waals surface area (Å²) >= 11 is 5.61. The fraction of sp³-hybridized carbons (Fsp3) is 0.417. The molecule has 0 aliphatic heterocycles. The Morgan fingerprint density at radius 1 is 1.33 bits per heavy atom. The molecule has 1 heterocycles. The molecule has 2 N–H and O–H groups in total. The quantitative estimate of drug-likeness (QED) is 0.790. The number of nitrogens with zero attached hydrogens (tertiary/aromatic N) is 1. The first-order valence-electron chi connectivity index (χ1n) is 5.65. The van der Waals surface area contributed by atoms with Crippen molar-refractivity contribution in [2.24, 2.45) is 5.92 Å². The Morgan fingerprint density at radius 2 is 2.06 bits per heavy atom. The predicted octanol–water partition coefficient (Wildman–Crippen LogP) is 1.24. The van der Waals surface area contributed by atoms with Crippen molar-refractivity contribution in [3.05, 3.63) is 29.0 Å². The number of aromatic nitrogens is 1. The second-order valence-corrected chi connectivity index (χ2v) is 4.64. The first kappa shape index (κ1) is 14.4. The molecule has 0 aromatic carbocycles. The molecule has 0 fully saturated rings. The molecule has 0 atom stereocenters. The smallest absolute Gasteiger partial charge is 0.253 e. The molecule has 6 heteroatoms. The van der Waals surface area contributed by atoms with Gasteiger partial charge >= 0.3 is 0 Å². The van der Waals surface area contributed by atoms with Crippen LogP contribution in [0.2, 0.25) is 5.15 Å². The molecule has 0 aliphatic carbocycles. The van der Waals surface area contributed by atoms with E-state index < -0.39 is 0 Å². The van der Waals surface area contributed by atoms with Crippen LogP contribution in [0.5, 0.6) is 0 Å². The SMILES string of the molecule is CC(C)CNC(=O)CNC(=O)c1ccc(Cl)nc1. The van der Waals surface area contributed by atoms with E-state index >= 15 is 0 Å². The maximum Gasteiger partial charge on any atom is 0.253 e. The van der Waals surface area contributed by atoms with Crippen LogP contribution < -0.4 is 10.6 Å². The third kappa shape index (κ3) is 5.14. The van der Waals surface area contributed by atoms with E-state index in [1.807, 2.05) is 13.8 Å². The maximum atomic E-state index is 11.6. The second kappa shape index (κ2) is 6.96. The van der Waals surface area contributed by atoms with Crippen molar-refractivity contribution in [3.63, 3.8) is 0 Å². The van der Waals surface area contributed by atoms with Gasteiger partial charge in [0.25, 0.3) is 5.91 Å². The fourth-order valence-electron chi connectivity index (χ4n) is 1.15. The minimum atomic E-state index is -0.348. The minimum Gasteiger partial charge on any atom is -0.354 e. The van der Waals surface area contributed by atoms with Crippen LogP contribution in [0.3, 0.4) is 0 Å². The number of hydrogen-bond acceptors (Lipinski definition) is 3. The van der Waals surface area contributed by atoms with Gasteiger partial charge < -0.3 is 10.6 Å². The Bertz CT molecular complexity index is 418. The van der Waals surface area contributed by atoms with Gasteiger partial charge in [-0.2, -0.15) is 0 Å². The lowest BCUT2D eigenvalue weighted by molar-refractivity contribution is -0.120. The van der Waals surface area contributed by atoms with E-state index in [-0.39, 0.29) is 18.4 Å². The second-order valence-electron chi connectivity index (χ2n) is 4.25. The van der Waals surface area contributed by atoms with Crippen LogP contribution in [-0.4, -0.2) is 29.9 Å². The lowest BCUT2D eigenvalue weighted by Crippen LogP contribution is -2.38. The lowest BCUT2D eigenvalue weighted by atomic mass is 10.2. The van der Waals surface area contributed by atoms with E-state index in [1.165, 1.54) is 12.3 Å². The maximum absolute atomic E-state index is 11.6. The zero-order valence-electron chi connectivity index (χ0n) is 10.4. The number of rotatable bonds is 5. The average molecular weight is 270 g/mol. The van der Waals surface area contributed by atoms with Crippen LogP contribution in [-0.2, 0) is 4.79 Å². The van der Waals surface area contributed by atoms with Crippen LogP contribution in [0.15, 0.2) is 18.3 Å². The van der Waals surface area contributed by atoms with Crippen LogP contribution in [0.1, 0.15) is 24.2 Å². The van der Waals surface area contributed by atoms with Crippen molar-refractivity contribution in [2.75, 3.05) is 13.1 Å². The van der Waals surface area contributed by atoms with Gasteiger partial charge in [0.2, 0.25) is 5.91 Å². The lowest BCUT2D eigenvalue weighted by Gasteiger charge is -2.08. The van der Waals surface area contributed by atoms with Crippen molar-refractivity contribution in [1.82, 2.24) is 15.6 Å². The Kier molecular flexibility index (Phi) is 5.58. The van der Waals surface area contributed by atoms with Crippen LogP contribution >= 0.6 is 11.6 Å². The van der Waals surface area contributed by atoms with Crippen molar-refractivity contribution in [1.29, 1.82) is 0 Å². The number of halogens is 1. The fourth-order valence-corrected chi connectivity index (χ4v) is 1.27. The summed E-state index contributed by atoms with van der Waals surface area (Å²) in [6, 6.07) is 3.08. The van der Waals surface area contributed by atoms with Crippen molar-refractivity contribution in [3.8, 4) is 0 Å². The molecule has 0 radical (unpaired) electrons. The Balaban J connectivity index is 2.37. The van der Waals surface area contributed by atoms with Crippen LogP contribution in [0.4, 0.5) is 0 Å². The highest BCUT2D eigenvalue weighted by Gasteiger charge is 2.08. The molecule has 5 nitrogen and oxygen atoms in total. The van der Waals surface area contributed by atoms with Crippen LogP contribution in [0.25, 0.3) is 0 Å². The summed E-state index contributed by atoms with van der Waals surface area (Å²) in [4.78, 5) is 26.8. The largest absolute Gasteiger partial charge is 0.354 e. The average Bonchev–Trinajstić information content (AvgIpc) is 2.34. The predicted molar refractivity (Wildman–Crippen MR) is 69.4 cm³/mol. The van der Waals surface area contributed by atoms with Gasteiger partial charge in [-0.3, -0.25) is 9.59 Å². The van der Waals surface area contributed by atoms with Gasteiger partial charge in [-0.05, 0) is 18.1 Å². The standard InChI is InChI=1S/C12H16ClN3O2/c1-8(2)5-15-11(17)7-16-12(18)9-3-4-10(13)14-6-9/h3-4,6,8H,5,7H2,1-2H3,(H,15,17)(H,16,18). The summed E-state index contributed by atoms with van der Waals surface area (Å²) < 4.78 is 0. The van der Waals surface area contributed by atoms with Gasteiger partial charge in [0.15, 0.2) is 0 Å². The highest BCUT2D eigenvalue weighted by atomic mass is 35.5. The summed E-state index contributed by atoms with van der Waals surface area (Å²) in [6.45, 7) is 4.54. The van der Waals surface area contributed by atoms with E-state index in [1.54, 1.807) is 6.07 Å². The molecule has 18 heavy (non-hydrogen) atoms. The van der Waals surface area contributed by atoms with Gasteiger partial charge in [0.05, 0.1) is 12.1 Å². The number of hydrogen-bond donors (Lipinski definition) is 2. The molecule has 0 saturated carbocycles. The molecule has 0 bridgehead atoms. The van der Waals surface area contributed by atoms with E-state index in [2.05, 4.69) is 15.6 Å². The first-order valence-corrected chi connectivity index (χ1v) is 6.03. The van der Waals surface area contributed by atoms with Crippen molar-refractivity contribution in [2.45, 2.75) is 13.8 Å². The summed E-state index contributed by atoms with van der Waals surface area (Å²) in [5, 5.41) is 5.54. The van der Waals surface area contributed by atoms with E-state index in [0.717, 1.165) is 0 Å². The van der Waals surface area contributed by atoms with Gasteiger partial charge in [-0.25, -0.2) is 4.98 Å². The Labute approximate surface area is 111 Å². The molecule has 0 aliphatic rings. The normalized spacial score (nSPS) is 10.2. The van der Waals surface area contributed by atoms with E-state index in [9.17, 15) is 9.59 Å². The molecule has 2 amide bonds. The minimum absolute atomic E-state index is 0.0474. The molecule has 0 saturated heterocycles. The molecular weight excluding hydrogens is 254 g/mol. The Morgan fingerprint density at radius 3 is 2.61 bits per heavy atom. The van der Waals surface area contributed by atoms with Gasteiger partial charge in [0, 0.05) is 12.7 Å². The van der Waals surface area contributed by atoms with E-state index in [4.69, 9.17) is 11.6 Å². The zero-order chi connectivity index (χ0) is 13.5. The summed E-state index contributed by atoms with van der Waals surface area (Å²) in [5.41, 5.74) is 0.371. The van der Waals surface area contributed by atoms with Crippen molar-refractivity contribution >= 4 is 23.4 Å². The van der Waals surface area contributed by atoms with Gasteiger partial charge in [0.1, 0.15) is 5.15 Å². The topological polar surface area (TPSA) is 71.1 Å². The summed E-state index contributed by atoms with van der Waals surface area (Å²) in [6.07, 6.45) is 1.36. The zero-order valence-corrected chi connectivity index (χ0v) is 11.1. The molecule has 0 spiro atoms. The molecule has 1 aromatic heterocycles. The number of carbonyl (C=O) groups is 2. The number of nitrogens with one attached hydrogen (secondary N) is 2. The number of pyridine rings is 1. The summed E-state index contributed by atoms with van der Waals surface area (Å²) in [5.74, 6) is -0.178. The highest BCUT2D eigenvalue weighted by Crippen LogP contribution is 2.04. The Hall–Kier alpha value is -1.62. The number of carbonyl (C=O) groups excluding carboxylic acids is 2. The highest BCUT2D eigenvalue weighted by molar-refractivity contribution is 6.29. The van der Waals surface area contributed by atoms with Crippen molar-refractivity contribution < 1.29 is 9.59 Å². The molecule has 0 unspecified atom stereocenters. The molecule has 1 rings (SSSR count). The monoisotopic (exact) mass is 269 g/mol. The van der Waals surface area contributed by atoms with E-state index in [0.29, 0.717) is 23.2 Å².